The molecule has 6 heteroatoms. The smallest absolute Gasteiger partial charge is 0.182 e. The van der Waals surface area contributed by atoms with Gasteiger partial charge in [-0.1, -0.05) is 6.07 Å². The second kappa shape index (κ2) is 4.79. The summed E-state index contributed by atoms with van der Waals surface area (Å²) in [6.07, 6.45) is 0. The van der Waals surface area contributed by atoms with Crippen LogP contribution in [0.5, 0.6) is 0 Å². The maximum atomic E-state index is 13.6. The maximum absolute atomic E-state index is 13.6. The number of fused-ring (bicyclic) bond motifs is 1. The highest BCUT2D eigenvalue weighted by Gasteiger charge is 2.12. The Morgan fingerprint density at radius 2 is 1.95 bits per heavy atom. The van der Waals surface area contributed by atoms with Crippen LogP contribution in [0.2, 0.25) is 0 Å². The summed E-state index contributed by atoms with van der Waals surface area (Å²) >= 11 is 8.43. The van der Waals surface area contributed by atoms with Gasteiger partial charge < -0.3 is 4.98 Å². The molecule has 0 aliphatic rings. The van der Waals surface area contributed by atoms with E-state index >= 15 is 0 Å². The minimum absolute atomic E-state index is 0.335. The first-order valence-electron chi connectivity index (χ1n) is 5.83. The number of halogens is 3. The van der Waals surface area contributed by atoms with Gasteiger partial charge in [0.1, 0.15) is 11.6 Å². The number of H-pyrrole nitrogens is 1. The van der Waals surface area contributed by atoms with Crippen molar-refractivity contribution in [3.8, 4) is 5.69 Å². The van der Waals surface area contributed by atoms with Crippen LogP contribution in [0.1, 0.15) is 5.56 Å². The fourth-order valence-electron chi connectivity index (χ4n) is 2.16. The minimum atomic E-state index is -0.378. The Balaban J connectivity index is 2.42. The largest absolute Gasteiger partial charge is 0.330 e. The molecule has 2 nitrogen and oxygen atoms in total. The molecule has 0 saturated carbocycles. The van der Waals surface area contributed by atoms with Crippen LogP contribution < -0.4 is 0 Å². The van der Waals surface area contributed by atoms with Crippen LogP contribution in [0.25, 0.3) is 16.7 Å². The molecule has 1 aromatic heterocycles. The van der Waals surface area contributed by atoms with E-state index in [0.717, 1.165) is 5.56 Å². The van der Waals surface area contributed by atoms with Crippen molar-refractivity contribution in [2.45, 2.75) is 6.92 Å². The lowest BCUT2D eigenvalue weighted by atomic mass is 10.2. The third-order valence-electron chi connectivity index (χ3n) is 3.14. The van der Waals surface area contributed by atoms with Crippen LogP contribution >= 0.6 is 28.1 Å². The van der Waals surface area contributed by atoms with E-state index in [9.17, 15) is 8.78 Å². The van der Waals surface area contributed by atoms with Crippen molar-refractivity contribution in [2.24, 2.45) is 0 Å². The van der Waals surface area contributed by atoms with Gasteiger partial charge >= 0.3 is 0 Å². The fourth-order valence-corrected chi connectivity index (χ4v) is 2.80. The summed E-state index contributed by atoms with van der Waals surface area (Å²) in [7, 11) is 0. The second-order valence-electron chi connectivity index (χ2n) is 4.48. The van der Waals surface area contributed by atoms with Gasteiger partial charge in [0.15, 0.2) is 4.77 Å². The molecule has 0 atom stereocenters. The summed E-state index contributed by atoms with van der Waals surface area (Å²) in [6.45, 7) is 1.87. The van der Waals surface area contributed by atoms with E-state index in [2.05, 4.69) is 20.9 Å². The van der Waals surface area contributed by atoms with Crippen molar-refractivity contribution in [1.82, 2.24) is 9.55 Å². The number of nitrogens with zero attached hydrogens (tertiary/aromatic N) is 1. The van der Waals surface area contributed by atoms with Gasteiger partial charge in [0.25, 0.3) is 0 Å². The number of aromatic nitrogens is 2. The number of aromatic amines is 1. The summed E-state index contributed by atoms with van der Waals surface area (Å²) in [5, 5.41) is 0. The quantitative estimate of drug-likeness (QED) is 0.607. The molecular formula is C14H9BrF2N2S. The van der Waals surface area contributed by atoms with E-state index in [0.29, 0.717) is 26.0 Å². The second-order valence-corrected chi connectivity index (χ2v) is 5.72. The lowest BCUT2D eigenvalue weighted by Crippen LogP contribution is -1.98. The molecule has 3 aromatic rings. The van der Waals surface area contributed by atoms with Gasteiger partial charge in [-0.2, -0.15) is 0 Å². The van der Waals surface area contributed by atoms with E-state index in [1.54, 1.807) is 16.7 Å². The molecule has 20 heavy (non-hydrogen) atoms. The fraction of sp³-hybridized carbons (Fsp3) is 0.0714. The molecule has 2 aromatic carbocycles. The molecule has 1 heterocycles. The molecule has 0 fully saturated rings. The minimum Gasteiger partial charge on any atom is -0.330 e. The summed E-state index contributed by atoms with van der Waals surface area (Å²) in [4.78, 5) is 2.93. The molecule has 0 aliphatic heterocycles. The van der Waals surface area contributed by atoms with Gasteiger partial charge in [0, 0.05) is 6.07 Å². The zero-order chi connectivity index (χ0) is 14.4. The van der Waals surface area contributed by atoms with Crippen molar-refractivity contribution in [3.05, 3.63) is 56.8 Å². The van der Waals surface area contributed by atoms with Crippen molar-refractivity contribution in [3.63, 3.8) is 0 Å². The van der Waals surface area contributed by atoms with E-state index in [4.69, 9.17) is 12.2 Å². The average molecular weight is 355 g/mol. The number of benzene rings is 2. The van der Waals surface area contributed by atoms with Crippen LogP contribution in [-0.4, -0.2) is 9.55 Å². The number of imidazole rings is 1. The predicted molar refractivity (Wildman–Crippen MR) is 80.8 cm³/mol. The topological polar surface area (TPSA) is 20.7 Å². The lowest BCUT2D eigenvalue weighted by molar-refractivity contribution is 0.622. The summed E-state index contributed by atoms with van der Waals surface area (Å²) in [5.41, 5.74) is 2.78. The monoisotopic (exact) mass is 354 g/mol. The number of nitrogens with one attached hydrogen (secondary N) is 1. The third kappa shape index (κ3) is 2.09. The molecule has 0 amide bonds. The molecule has 0 unspecified atom stereocenters. The lowest BCUT2D eigenvalue weighted by Gasteiger charge is -2.09. The molecule has 3 rings (SSSR count). The van der Waals surface area contributed by atoms with E-state index < -0.39 is 0 Å². The van der Waals surface area contributed by atoms with E-state index in [1.807, 2.05) is 6.92 Å². The molecule has 0 bridgehead atoms. The first kappa shape index (κ1) is 13.5. The summed E-state index contributed by atoms with van der Waals surface area (Å²) < 4.78 is 29.5. The van der Waals surface area contributed by atoms with Crippen LogP contribution in [-0.2, 0) is 0 Å². The van der Waals surface area contributed by atoms with Crippen LogP contribution in [0.15, 0.2) is 34.8 Å². The van der Waals surface area contributed by atoms with Gasteiger partial charge in [-0.3, -0.25) is 4.57 Å². The van der Waals surface area contributed by atoms with Crippen molar-refractivity contribution < 1.29 is 8.78 Å². The highest BCUT2D eigenvalue weighted by molar-refractivity contribution is 9.10. The number of hydrogen-bond acceptors (Lipinski definition) is 1. The highest BCUT2D eigenvalue weighted by Crippen LogP contribution is 2.27. The van der Waals surface area contributed by atoms with E-state index in [1.165, 1.54) is 18.2 Å². The standard InChI is InChI=1S/C14H9BrF2N2S/c1-7-2-3-8(16)4-12(7)19-13-5-9(15)10(17)6-11(13)18-14(19)20/h2-6H,1H3,(H,18,20). The normalized spacial score (nSPS) is 11.2. The SMILES string of the molecule is Cc1ccc(F)cc1-n1c(=S)[nH]c2cc(F)c(Br)cc21. The van der Waals surface area contributed by atoms with Gasteiger partial charge in [-0.15, -0.1) is 0 Å². The Labute approximate surface area is 127 Å². The molecule has 0 radical (unpaired) electrons. The molecule has 0 saturated heterocycles. The maximum Gasteiger partial charge on any atom is 0.182 e. The summed E-state index contributed by atoms with van der Waals surface area (Å²) in [6, 6.07) is 7.48. The average Bonchev–Trinajstić information content (AvgIpc) is 2.69. The first-order valence-corrected chi connectivity index (χ1v) is 7.04. The Hall–Kier alpha value is -1.53. The van der Waals surface area contributed by atoms with E-state index in [-0.39, 0.29) is 11.6 Å². The van der Waals surface area contributed by atoms with Gasteiger partial charge in [-0.25, -0.2) is 8.78 Å². The molecular weight excluding hydrogens is 346 g/mol. The van der Waals surface area contributed by atoms with Gasteiger partial charge in [0.05, 0.1) is 21.2 Å². The number of aryl methyl sites for hydroxylation is 1. The summed E-state index contributed by atoms with van der Waals surface area (Å²) in [5.74, 6) is -0.722. The van der Waals surface area contributed by atoms with Gasteiger partial charge in [0.2, 0.25) is 0 Å². The molecule has 0 aliphatic carbocycles. The predicted octanol–water partition coefficient (Wildman–Crippen LogP) is 5.04. The van der Waals surface area contributed by atoms with Crippen molar-refractivity contribution >= 4 is 39.2 Å². The van der Waals surface area contributed by atoms with Crippen LogP contribution in [0.3, 0.4) is 0 Å². The highest BCUT2D eigenvalue weighted by atomic mass is 79.9. The number of rotatable bonds is 1. The first-order chi connectivity index (χ1) is 9.47. The third-order valence-corrected chi connectivity index (χ3v) is 4.03. The molecule has 1 N–H and O–H groups in total. The Bertz CT molecular complexity index is 883. The van der Waals surface area contributed by atoms with Crippen molar-refractivity contribution in [2.75, 3.05) is 0 Å². The molecule has 0 spiro atoms. The van der Waals surface area contributed by atoms with Crippen LogP contribution in [0.4, 0.5) is 8.78 Å². The Kier molecular flexibility index (Phi) is 3.22. The Morgan fingerprint density at radius 1 is 1.20 bits per heavy atom. The zero-order valence-electron chi connectivity index (χ0n) is 10.4. The number of hydrogen-bond donors (Lipinski definition) is 1. The molecule has 102 valence electrons. The Morgan fingerprint density at radius 3 is 2.70 bits per heavy atom. The van der Waals surface area contributed by atoms with Crippen molar-refractivity contribution in [1.29, 1.82) is 0 Å². The van der Waals surface area contributed by atoms with Gasteiger partial charge in [-0.05, 0) is 58.8 Å². The van der Waals surface area contributed by atoms with Crippen LogP contribution in [0, 0.1) is 23.3 Å². The zero-order valence-corrected chi connectivity index (χ0v) is 12.8.